The van der Waals surface area contributed by atoms with Gasteiger partial charge in [-0.15, -0.1) is 11.3 Å². The van der Waals surface area contributed by atoms with Crippen LogP contribution < -0.4 is 20.9 Å². The van der Waals surface area contributed by atoms with Crippen LogP contribution in [0.15, 0.2) is 59.1 Å². The first-order chi connectivity index (χ1) is 18.3. The van der Waals surface area contributed by atoms with Crippen LogP contribution in [-0.2, 0) is 0 Å². The maximum absolute atomic E-state index is 13.8. The van der Waals surface area contributed by atoms with E-state index in [-0.39, 0.29) is 27.8 Å². The molecule has 3 aromatic heterocycles. The number of carbonyl (C=O) groups is 1. The van der Waals surface area contributed by atoms with Crippen LogP contribution in [0.2, 0.25) is 5.02 Å². The van der Waals surface area contributed by atoms with Crippen molar-refractivity contribution in [2.45, 2.75) is 19.5 Å². The summed E-state index contributed by atoms with van der Waals surface area (Å²) in [5.41, 5.74) is 2.60. The SMILES string of the molecule is CC(Oc1ncnc2scnc12)c1nc2cccc(Cl)c2c(=O)n1-c1cccc(NC(=O)NCC(F)F)c1. The van der Waals surface area contributed by atoms with Crippen LogP contribution in [0.1, 0.15) is 18.9 Å². The molecule has 5 rings (SSSR count). The molecule has 0 aliphatic rings. The molecule has 3 heterocycles. The average molecular weight is 558 g/mol. The summed E-state index contributed by atoms with van der Waals surface area (Å²) in [7, 11) is 0. The second kappa shape index (κ2) is 10.6. The highest BCUT2D eigenvalue weighted by atomic mass is 35.5. The molecule has 2 N–H and O–H groups in total. The summed E-state index contributed by atoms with van der Waals surface area (Å²) < 4.78 is 32.3. The quantitative estimate of drug-likeness (QED) is 0.290. The Labute approximate surface area is 222 Å². The summed E-state index contributed by atoms with van der Waals surface area (Å²) >= 11 is 7.69. The molecule has 0 aliphatic heterocycles. The van der Waals surface area contributed by atoms with Crippen molar-refractivity contribution >= 4 is 55.9 Å². The Bertz CT molecular complexity index is 1710. The number of urea groups is 1. The molecule has 0 saturated heterocycles. The molecule has 5 aromatic rings. The van der Waals surface area contributed by atoms with E-state index in [2.05, 4.69) is 30.6 Å². The molecule has 0 spiro atoms. The van der Waals surface area contributed by atoms with Gasteiger partial charge in [-0.3, -0.25) is 9.36 Å². The number of alkyl halides is 2. The number of benzene rings is 2. The number of nitrogens with one attached hydrogen (secondary N) is 2. The summed E-state index contributed by atoms with van der Waals surface area (Å²) in [6.45, 7) is 0.904. The second-order valence-corrected chi connectivity index (χ2v) is 9.21. The van der Waals surface area contributed by atoms with Crippen LogP contribution in [0.4, 0.5) is 19.3 Å². The predicted molar refractivity (Wildman–Crippen MR) is 140 cm³/mol. The maximum atomic E-state index is 13.8. The number of rotatable bonds is 7. The topological polar surface area (TPSA) is 124 Å². The highest BCUT2D eigenvalue weighted by Gasteiger charge is 2.22. The van der Waals surface area contributed by atoms with Gasteiger partial charge in [-0.05, 0) is 37.3 Å². The van der Waals surface area contributed by atoms with Crippen LogP contribution in [0.5, 0.6) is 5.88 Å². The molecule has 0 bridgehead atoms. The Balaban J connectivity index is 1.59. The summed E-state index contributed by atoms with van der Waals surface area (Å²) in [5.74, 6) is 0.452. The number of nitrogens with zero attached hydrogens (tertiary/aromatic N) is 5. The first-order valence-corrected chi connectivity index (χ1v) is 12.4. The third-order valence-electron chi connectivity index (χ3n) is 5.41. The van der Waals surface area contributed by atoms with E-state index in [1.807, 2.05) is 0 Å². The number of halogens is 3. The van der Waals surface area contributed by atoms with Crippen molar-refractivity contribution in [3.63, 3.8) is 0 Å². The molecule has 38 heavy (non-hydrogen) atoms. The number of ether oxygens (including phenoxy) is 1. The van der Waals surface area contributed by atoms with E-state index in [4.69, 9.17) is 16.3 Å². The number of hydrogen-bond acceptors (Lipinski definition) is 8. The number of aromatic nitrogens is 5. The van der Waals surface area contributed by atoms with Gasteiger partial charge in [-0.2, -0.15) is 4.98 Å². The molecular weight excluding hydrogens is 540 g/mol. The molecular formula is C24H18ClF2N7O3S. The lowest BCUT2D eigenvalue weighted by molar-refractivity contribution is 0.148. The summed E-state index contributed by atoms with van der Waals surface area (Å²) in [6, 6.07) is 10.4. The Kier molecular flexibility index (Phi) is 7.11. The van der Waals surface area contributed by atoms with Crippen molar-refractivity contribution in [1.82, 2.24) is 29.8 Å². The Hall–Kier alpha value is -4.23. The third kappa shape index (κ3) is 5.10. The minimum Gasteiger partial charge on any atom is -0.465 e. The molecule has 0 aliphatic carbocycles. The van der Waals surface area contributed by atoms with Crippen molar-refractivity contribution in [1.29, 1.82) is 0 Å². The van der Waals surface area contributed by atoms with Gasteiger partial charge in [0.1, 0.15) is 6.33 Å². The normalized spacial score (nSPS) is 12.1. The number of fused-ring (bicyclic) bond motifs is 2. The first-order valence-electron chi connectivity index (χ1n) is 11.2. The van der Waals surface area contributed by atoms with E-state index in [1.54, 1.807) is 48.8 Å². The maximum Gasteiger partial charge on any atom is 0.319 e. The molecule has 2 amide bonds. The smallest absolute Gasteiger partial charge is 0.319 e. The first kappa shape index (κ1) is 25.4. The number of carbonyl (C=O) groups excluding carboxylic acids is 1. The zero-order chi connectivity index (χ0) is 26.8. The molecule has 2 aromatic carbocycles. The minimum absolute atomic E-state index is 0.196. The lowest BCUT2D eigenvalue weighted by Gasteiger charge is -2.20. The van der Waals surface area contributed by atoms with Crippen molar-refractivity contribution < 1.29 is 18.3 Å². The summed E-state index contributed by atoms with van der Waals surface area (Å²) in [6.07, 6.45) is -2.13. The highest BCUT2D eigenvalue weighted by molar-refractivity contribution is 7.16. The van der Waals surface area contributed by atoms with Crippen LogP contribution in [-0.4, -0.2) is 43.5 Å². The molecule has 194 valence electrons. The Morgan fingerprint density at radius 2 is 2.00 bits per heavy atom. The van der Waals surface area contributed by atoms with Crippen molar-refractivity contribution in [2.24, 2.45) is 0 Å². The van der Waals surface area contributed by atoms with Crippen LogP contribution >= 0.6 is 22.9 Å². The average Bonchev–Trinajstić information content (AvgIpc) is 3.37. The Morgan fingerprint density at radius 1 is 1.18 bits per heavy atom. The number of thiazole rings is 1. The lowest BCUT2D eigenvalue weighted by atomic mass is 10.2. The van der Waals surface area contributed by atoms with Gasteiger partial charge in [0.15, 0.2) is 22.3 Å². The van der Waals surface area contributed by atoms with Crippen LogP contribution in [0.25, 0.3) is 26.9 Å². The lowest BCUT2D eigenvalue weighted by Crippen LogP contribution is -2.32. The highest BCUT2D eigenvalue weighted by Crippen LogP contribution is 2.29. The molecule has 1 unspecified atom stereocenters. The van der Waals surface area contributed by atoms with Gasteiger partial charge >= 0.3 is 6.03 Å². The minimum atomic E-state index is -2.69. The fourth-order valence-electron chi connectivity index (χ4n) is 3.78. The van der Waals surface area contributed by atoms with Gasteiger partial charge in [-0.25, -0.2) is 28.5 Å². The third-order valence-corrected chi connectivity index (χ3v) is 6.45. The largest absolute Gasteiger partial charge is 0.465 e. The zero-order valence-corrected chi connectivity index (χ0v) is 21.1. The van der Waals surface area contributed by atoms with E-state index < -0.39 is 30.7 Å². The van der Waals surface area contributed by atoms with E-state index in [0.717, 1.165) is 0 Å². The van der Waals surface area contributed by atoms with Crippen LogP contribution in [0.3, 0.4) is 0 Å². The molecule has 0 saturated carbocycles. The molecule has 14 heteroatoms. The van der Waals surface area contributed by atoms with E-state index in [1.165, 1.54) is 28.3 Å². The van der Waals surface area contributed by atoms with Crippen molar-refractivity contribution in [2.75, 3.05) is 11.9 Å². The molecule has 10 nitrogen and oxygen atoms in total. The molecule has 0 radical (unpaired) electrons. The number of hydrogen-bond donors (Lipinski definition) is 2. The van der Waals surface area contributed by atoms with E-state index in [0.29, 0.717) is 21.6 Å². The zero-order valence-electron chi connectivity index (χ0n) is 19.6. The fourth-order valence-corrected chi connectivity index (χ4v) is 4.64. The number of anilines is 1. The second-order valence-electron chi connectivity index (χ2n) is 7.97. The van der Waals surface area contributed by atoms with E-state index in [9.17, 15) is 18.4 Å². The standard InChI is InChI=1S/C24H18ClF2N7O3S/c1-12(37-21-19-22(30-10-29-21)38-11-31-19)20-33-16-7-3-6-15(25)18(16)23(35)34(20)14-5-2-4-13(8-14)32-24(36)28-9-17(26)27/h2-8,10-12,17H,9H2,1H3,(H2,28,32,36). The van der Waals surface area contributed by atoms with Gasteiger partial charge < -0.3 is 15.4 Å². The number of amides is 2. The summed E-state index contributed by atoms with van der Waals surface area (Å²) in [5, 5.41) is 4.96. The van der Waals surface area contributed by atoms with E-state index >= 15 is 0 Å². The van der Waals surface area contributed by atoms with Gasteiger partial charge in [-0.1, -0.05) is 23.7 Å². The van der Waals surface area contributed by atoms with Gasteiger partial charge in [0, 0.05) is 5.69 Å². The predicted octanol–water partition coefficient (Wildman–Crippen LogP) is 4.97. The van der Waals surface area contributed by atoms with Gasteiger partial charge in [0.25, 0.3) is 12.0 Å². The van der Waals surface area contributed by atoms with Crippen molar-refractivity contribution in [3.8, 4) is 11.6 Å². The fraction of sp³-hybridized carbons (Fsp3) is 0.167. The van der Waals surface area contributed by atoms with Gasteiger partial charge in [0.2, 0.25) is 5.88 Å². The Morgan fingerprint density at radius 3 is 2.82 bits per heavy atom. The monoisotopic (exact) mass is 557 g/mol. The van der Waals surface area contributed by atoms with Gasteiger partial charge in [0.05, 0.1) is 33.7 Å². The molecule has 1 atom stereocenters. The van der Waals surface area contributed by atoms with Crippen LogP contribution in [0, 0.1) is 0 Å². The van der Waals surface area contributed by atoms with Crippen molar-refractivity contribution in [3.05, 3.63) is 75.5 Å². The molecule has 0 fully saturated rings. The summed E-state index contributed by atoms with van der Waals surface area (Å²) in [4.78, 5) is 43.7.